The van der Waals surface area contributed by atoms with E-state index in [9.17, 15) is 9.18 Å². The third kappa shape index (κ3) is 2.47. The SMILES string of the molecule is Cn1nc(CC(=O)O)nc1-c1cccc(F)c1. The third-order valence-corrected chi connectivity index (χ3v) is 2.20. The summed E-state index contributed by atoms with van der Waals surface area (Å²) in [6, 6.07) is 5.92. The van der Waals surface area contributed by atoms with Gasteiger partial charge in [-0.25, -0.2) is 14.1 Å². The molecule has 0 saturated carbocycles. The van der Waals surface area contributed by atoms with E-state index in [0.29, 0.717) is 11.4 Å². The number of hydrogen-bond acceptors (Lipinski definition) is 3. The molecule has 0 saturated heterocycles. The molecule has 6 heteroatoms. The zero-order chi connectivity index (χ0) is 12.4. The van der Waals surface area contributed by atoms with Gasteiger partial charge in [0.2, 0.25) is 0 Å². The quantitative estimate of drug-likeness (QED) is 0.869. The van der Waals surface area contributed by atoms with E-state index in [2.05, 4.69) is 10.1 Å². The summed E-state index contributed by atoms with van der Waals surface area (Å²) in [5.74, 6) is -0.716. The Morgan fingerprint density at radius 2 is 2.29 bits per heavy atom. The van der Waals surface area contributed by atoms with Crippen LogP contribution in [0.15, 0.2) is 24.3 Å². The summed E-state index contributed by atoms with van der Waals surface area (Å²) < 4.78 is 14.5. The van der Waals surface area contributed by atoms with Crippen molar-refractivity contribution >= 4 is 5.97 Å². The second-order valence-corrected chi connectivity index (χ2v) is 3.56. The molecule has 5 nitrogen and oxygen atoms in total. The second kappa shape index (κ2) is 4.32. The Balaban J connectivity index is 2.39. The maximum absolute atomic E-state index is 13.0. The van der Waals surface area contributed by atoms with Gasteiger partial charge >= 0.3 is 5.97 Å². The number of aliphatic carboxylic acids is 1. The minimum atomic E-state index is -0.999. The fraction of sp³-hybridized carbons (Fsp3) is 0.182. The number of hydrogen-bond donors (Lipinski definition) is 1. The minimum absolute atomic E-state index is 0.208. The average molecular weight is 235 g/mol. The lowest BCUT2D eigenvalue weighted by Gasteiger charge is -1.99. The van der Waals surface area contributed by atoms with Gasteiger partial charge in [0.1, 0.15) is 12.2 Å². The molecule has 0 aliphatic heterocycles. The summed E-state index contributed by atoms with van der Waals surface area (Å²) >= 11 is 0. The van der Waals surface area contributed by atoms with Gasteiger partial charge in [0.05, 0.1) is 0 Å². The summed E-state index contributed by atoms with van der Waals surface area (Å²) in [6.45, 7) is 0. The number of aromatic nitrogens is 3. The Kier molecular flexibility index (Phi) is 2.86. The molecule has 1 heterocycles. The molecule has 1 aromatic carbocycles. The van der Waals surface area contributed by atoms with E-state index < -0.39 is 5.97 Å². The van der Waals surface area contributed by atoms with Gasteiger partial charge in [-0.2, -0.15) is 5.10 Å². The van der Waals surface area contributed by atoms with Crippen LogP contribution in [-0.2, 0) is 18.3 Å². The highest BCUT2D eigenvalue weighted by Gasteiger charge is 2.12. The van der Waals surface area contributed by atoms with Gasteiger partial charge in [-0.3, -0.25) is 4.79 Å². The number of carbonyl (C=O) groups is 1. The minimum Gasteiger partial charge on any atom is -0.481 e. The van der Waals surface area contributed by atoms with Crippen molar-refractivity contribution in [3.8, 4) is 11.4 Å². The first kappa shape index (κ1) is 11.3. The van der Waals surface area contributed by atoms with E-state index in [4.69, 9.17) is 5.11 Å². The standard InChI is InChI=1S/C11H10FN3O2/c1-15-11(7-3-2-4-8(12)5-7)13-9(14-15)6-10(16)17/h2-5H,6H2,1H3,(H,16,17). The summed E-state index contributed by atoms with van der Waals surface area (Å²) in [5, 5.41) is 12.6. The predicted molar refractivity (Wildman–Crippen MR) is 57.7 cm³/mol. The van der Waals surface area contributed by atoms with Crippen molar-refractivity contribution < 1.29 is 14.3 Å². The molecule has 2 rings (SSSR count). The number of carboxylic acids is 1. The topological polar surface area (TPSA) is 68.0 Å². The lowest BCUT2D eigenvalue weighted by molar-refractivity contribution is -0.136. The fourth-order valence-electron chi connectivity index (χ4n) is 1.53. The van der Waals surface area contributed by atoms with Crippen molar-refractivity contribution in [3.63, 3.8) is 0 Å². The largest absolute Gasteiger partial charge is 0.481 e. The zero-order valence-corrected chi connectivity index (χ0v) is 9.09. The van der Waals surface area contributed by atoms with Gasteiger partial charge in [-0.15, -0.1) is 0 Å². The summed E-state index contributed by atoms with van der Waals surface area (Å²) in [5.41, 5.74) is 0.566. The number of rotatable bonds is 3. The lowest BCUT2D eigenvalue weighted by atomic mass is 10.2. The molecule has 0 bridgehead atoms. The highest BCUT2D eigenvalue weighted by atomic mass is 19.1. The van der Waals surface area contributed by atoms with Crippen LogP contribution in [0.25, 0.3) is 11.4 Å². The molecule has 0 radical (unpaired) electrons. The van der Waals surface area contributed by atoms with E-state index in [1.54, 1.807) is 19.2 Å². The molecule has 0 aliphatic carbocycles. The molecule has 1 N–H and O–H groups in total. The van der Waals surface area contributed by atoms with Gasteiger partial charge in [-0.1, -0.05) is 12.1 Å². The summed E-state index contributed by atoms with van der Waals surface area (Å²) in [7, 11) is 1.64. The number of carboxylic acid groups (broad SMARTS) is 1. The summed E-state index contributed by atoms with van der Waals surface area (Å²) in [6.07, 6.45) is -0.247. The predicted octanol–water partition coefficient (Wildman–Crippen LogP) is 1.25. The van der Waals surface area contributed by atoms with Gasteiger partial charge in [0, 0.05) is 12.6 Å². The van der Waals surface area contributed by atoms with Gasteiger partial charge in [-0.05, 0) is 12.1 Å². The number of halogens is 1. The molecular weight excluding hydrogens is 225 g/mol. The van der Waals surface area contributed by atoms with Crippen LogP contribution < -0.4 is 0 Å². The fourth-order valence-corrected chi connectivity index (χ4v) is 1.53. The van der Waals surface area contributed by atoms with Crippen LogP contribution in [0.2, 0.25) is 0 Å². The molecule has 0 amide bonds. The molecule has 0 atom stereocenters. The Hall–Kier alpha value is -2.24. The van der Waals surface area contributed by atoms with Crippen LogP contribution in [0, 0.1) is 5.82 Å². The maximum Gasteiger partial charge on any atom is 0.311 e. The average Bonchev–Trinajstić information content (AvgIpc) is 2.58. The van der Waals surface area contributed by atoms with E-state index in [0.717, 1.165) is 0 Å². The molecule has 0 aliphatic rings. The van der Waals surface area contributed by atoms with Crippen LogP contribution in [0.3, 0.4) is 0 Å². The first-order valence-electron chi connectivity index (χ1n) is 4.94. The monoisotopic (exact) mass is 235 g/mol. The van der Waals surface area contributed by atoms with Crippen molar-refractivity contribution in [1.82, 2.24) is 14.8 Å². The molecule has 17 heavy (non-hydrogen) atoms. The number of benzene rings is 1. The molecule has 0 unspecified atom stereocenters. The van der Waals surface area contributed by atoms with Crippen molar-refractivity contribution in [1.29, 1.82) is 0 Å². The van der Waals surface area contributed by atoms with Crippen LogP contribution in [-0.4, -0.2) is 25.8 Å². The molecular formula is C11H10FN3O2. The Morgan fingerprint density at radius 1 is 1.53 bits per heavy atom. The van der Waals surface area contributed by atoms with Crippen LogP contribution in [0.4, 0.5) is 4.39 Å². The maximum atomic E-state index is 13.0. The van der Waals surface area contributed by atoms with Crippen molar-refractivity contribution in [2.75, 3.05) is 0 Å². The molecule has 0 spiro atoms. The highest BCUT2D eigenvalue weighted by molar-refractivity contribution is 5.69. The smallest absolute Gasteiger partial charge is 0.311 e. The van der Waals surface area contributed by atoms with E-state index in [-0.39, 0.29) is 18.1 Å². The summed E-state index contributed by atoms with van der Waals surface area (Å²) in [4.78, 5) is 14.6. The molecule has 1 aromatic heterocycles. The van der Waals surface area contributed by atoms with E-state index in [1.807, 2.05) is 0 Å². The van der Waals surface area contributed by atoms with E-state index in [1.165, 1.54) is 16.8 Å². The van der Waals surface area contributed by atoms with E-state index >= 15 is 0 Å². The lowest BCUT2D eigenvalue weighted by Crippen LogP contribution is -2.02. The molecule has 0 fully saturated rings. The normalized spacial score (nSPS) is 10.5. The van der Waals surface area contributed by atoms with Crippen molar-refractivity contribution in [3.05, 3.63) is 35.9 Å². The van der Waals surface area contributed by atoms with Crippen LogP contribution >= 0.6 is 0 Å². The third-order valence-electron chi connectivity index (χ3n) is 2.20. The van der Waals surface area contributed by atoms with Gasteiger partial charge < -0.3 is 5.11 Å². The van der Waals surface area contributed by atoms with Crippen molar-refractivity contribution in [2.45, 2.75) is 6.42 Å². The number of nitrogens with zero attached hydrogens (tertiary/aromatic N) is 3. The Bertz CT molecular complexity index is 566. The van der Waals surface area contributed by atoms with Crippen LogP contribution in [0.5, 0.6) is 0 Å². The molecule has 2 aromatic rings. The second-order valence-electron chi connectivity index (χ2n) is 3.56. The highest BCUT2D eigenvalue weighted by Crippen LogP contribution is 2.17. The Morgan fingerprint density at radius 3 is 2.94 bits per heavy atom. The number of aryl methyl sites for hydroxylation is 1. The van der Waals surface area contributed by atoms with Crippen LogP contribution in [0.1, 0.15) is 5.82 Å². The van der Waals surface area contributed by atoms with Crippen molar-refractivity contribution in [2.24, 2.45) is 7.05 Å². The van der Waals surface area contributed by atoms with Gasteiger partial charge in [0.25, 0.3) is 0 Å². The zero-order valence-electron chi connectivity index (χ0n) is 9.09. The Labute approximate surface area is 96.5 Å². The van der Waals surface area contributed by atoms with Gasteiger partial charge in [0.15, 0.2) is 11.6 Å². The first-order chi connectivity index (χ1) is 8.06. The first-order valence-corrected chi connectivity index (χ1v) is 4.94. The molecule has 88 valence electrons.